The highest BCUT2D eigenvalue weighted by Gasteiger charge is 2.59. The highest BCUT2D eigenvalue weighted by atomic mass is 14.6. The van der Waals surface area contributed by atoms with Crippen LogP contribution in [0.4, 0.5) is 0 Å². The van der Waals surface area contributed by atoms with Crippen molar-refractivity contribution in [2.45, 2.75) is 118 Å². The lowest BCUT2D eigenvalue weighted by Crippen LogP contribution is -2.50. The summed E-state index contributed by atoms with van der Waals surface area (Å²) in [5, 5.41) is 0. The largest absolute Gasteiger partial charge is 0.0848 e. The normalized spacial score (nSPS) is 56.6. The van der Waals surface area contributed by atoms with Gasteiger partial charge in [-0.25, -0.2) is 0 Å². The maximum Gasteiger partial charge on any atom is -0.00851 e. The van der Waals surface area contributed by atoms with Gasteiger partial charge in [-0.1, -0.05) is 51.5 Å². The summed E-state index contributed by atoms with van der Waals surface area (Å²) in [7, 11) is 0. The van der Waals surface area contributed by atoms with E-state index in [9.17, 15) is 0 Å². The first-order valence-electron chi connectivity index (χ1n) is 15.7. The maximum absolute atomic E-state index is 2.82. The minimum Gasteiger partial charge on any atom is -0.0848 e. The zero-order valence-electron chi connectivity index (χ0n) is 22.8. The van der Waals surface area contributed by atoms with E-state index in [0.29, 0.717) is 16.2 Å². The Kier molecular flexibility index (Phi) is 5.16. The van der Waals surface area contributed by atoms with Crippen molar-refractivity contribution < 1.29 is 0 Å². The van der Waals surface area contributed by atoms with Gasteiger partial charge in [0.05, 0.1) is 0 Å². The van der Waals surface area contributed by atoms with E-state index in [1.54, 1.807) is 19.3 Å². The summed E-state index contributed by atoms with van der Waals surface area (Å²) in [4.78, 5) is 0. The molecule has 0 aliphatic heterocycles. The summed E-state index contributed by atoms with van der Waals surface area (Å²) in [5.41, 5.74) is 3.61. The van der Waals surface area contributed by atoms with Crippen molar-refractivity contribution in [3.05, 3.63) is 23.8 Å². The fraction of sp³-hybridized carbons (Fsp3) is 0.882. The molecule has 0 nitrogen and oxygen atoms in total. The molecule has 0 N–H and O–H groups in total. The third kappa shape index (κ3) is 3.28. The molecular weight excluding hydrogens is 408 g/mol. The highest BCUT2D eigenvalue weighted by Crippen LogP contribution is 2.68. The molecule has 7 saturated carbocycles. The van der Waals surface area contributed by atoms with Crippen LogP contribution in [0.5, 0.6) is 0 Å². The van der Waals surface area contributed by atoms with E-state index in [4.69, 9.17) is 0 Å². The van der Waals surface area contributed by atoms with Crippen LogP contribution in [-0.2, 0) is 0 Å². The Labute approximate surface area is 210 Å². The number of fused-ring (bicyclic) bond motifs is 5. The van der Waals surface area contributed by atoms with E-state index < -0.39 is 0 Å². The van der Waals surface area contributed by atoms with Gasteiger partial charge in [0, 0.05) is 0 Å². The smallest absolute Gasteiger partial charge is 0.00851 e. The molecule has 188 valence electrons. The Morgan fingerprint density at radius 2 is 1.59 bits per heavy atom. The van der Waals surface area contributed by atoms with Crippen molar-refractivity contribution in [3.63, 3.8) is 0 Å². The average molecular weight is 461 g/mol. The van der Waals surface area contributed by atoms with Crippen LogP contribution >= 0.6 is 0 Å². The van der Waals surface area contributed by atoms with Crippen molar-refractivity contribution in [2.24, 2.45) is 69.5 Å². The van der Waals surface area contributed by atoms with E-state index in [2.05, 4.69) is 45.9 Å². The van der Waals surface area contributed by atoms with Crippen LogP contribution in [0.25, 0.3) is 0 Å². The first kappa shape index (κ1) is 22.7. The fourth-order valence-corrected chi connectivity index (χ4v) is 12.6. The van der Waals surface area contributed by atoms with Crippen LogP contribution < -0.4 is 0 Å². The fourth-order valence-electron chi connectivity index (χ4n) is 12.6. The molecule has 4 bridgehead atoms. The van der Waals surface area contributed by atoms with Crippen molar-refractivity contribution in [3.8, 4) is 0 Å². The first-order valence-corrected chi connectivity index (χ1v) is 15.7. The summed E-state index contributed by atoms with van der Waals surface area (Å²) in [6.07, 6.45) is 29.5. The molecule has 8 aliphatic rings. The van der Waals surface area contributed by atoms with Crippen molar-refractivity contribution in [1.29, 1.82) is 0 Å². The predicted molar refractivity (Wildman–Crippen MR) is 143 cm³/mol. The van der Waals surface area contributed by atoms with Gasteiger partial charge in [-0.15, -0.1) is 0 Å². The monoisotopic (exact) mass is 460 g/mol. The third-order valence-electron chi connectivity index (χ3n) is 13.9. The molecule has 0 heteroatoms. The van der Waals surface area contributed by atoms with Crippen molar-refractivity contribution >= 4 is 0 Å². The molecule has 8 aliphatic carbocycles. The average Bonchev–Trinajstić information content (AvgIpc) is 3.14. The first-order chi connectivity index (χ1) is 16.3. The highest BCUT2D eigenvalue weighted by molar-refractivity contribution is 5.25. The number of hydrogen-bond acceptors (Lipinski definition) is 0. The zero-order chi connectivity index (χ0) is 23.3. The van der Waals surface area contributed by atoms with E-state index in [0.717, 1.165) is 53.3 Å². The molecule has 0 radical (unpaired) electrons. The number of allylic oxidation sites excluding steroid dienone is 4. The van der Waals surface area contributed by atoms with E-state index >= 15 is 0 Å². The summed E-state index contributed by atoms with van der Waals surface area (Å²) < 4.78 is 0. The Bertz CT molecular complexity index is 839. The molecule has 0 aromatic rings. The quantitative estimate of drug-likeness (QED) is 0.368. The molecule has 8 rings (SSSR count). The standard InChI is InChI=1S/C34H52/c1-22-9-12-32(3)27(15-22)5-6-28-30-8-7-29(33(30,4)13-11-31(28)32)23(2)10-14-34-19-24-16-25(20-34)18-26(17-24)21-34/h5,10,14,22-26,28-31H,6-9,11-13,15-21H2,1-4H3/b14-10+/t22-,23+,24?,25?,26?,28-,29+,30-,31-,32-,33+,34?/m0/s1. The lowest BCUT2D eigenvalue weighted by atomic mass is 9.46. The topological polar surface area (TPSA) is 0 Å². The van der Waals surface area contributed by atoms with Gasteiger partial charge in [0.15, 0.2) is 0 Å². The van der Waals surface area contributed by atoms with Gasteiger partial charge in [-0.05, 0) is 159 Å². The molecule has 0 saturated heterocycles. The van der Waals surface area contributed by atoms with Gasteiger partial charge in [0.1, 0.15) is 0 Å². The van der Waals surface area contributed by atoms with Crippen LogP contribution in [0.3, 0.4) is 0 Å². The Morgan fingerprint density at radius 3 is 2.29 bits per heavy atom. The van der Waals surface area contributed by atoms with E-state index in [-0.39, 0.29) is 0 Å². The molecule has 0 aromatic heterocycles. The Hall–Kier alpha value is -0.520. The van der Waals surface area contributed by atoms with Crippen LogP contribution in [0.15, 0.2) is 23.8 Å². The molecule has 0 amide bonds. The minimum atomic E-state index is 0.541. The van der Waals surface area contributed by atoms with E-state index in [1.165, 1.54) is 70.6 Å². The van der Waals surface area contributed by atoms with Crippen LogP contribution in [-0.4, -0.2) is 0 Å². The van der Waals surface area contributed by atoms with Crippen molar-refractivity contribution in [1.82, 2.24) is 0 Å². The molecule has 0 aromatic carbocycles. The second-order valence-electron chi connectivity index (χ2n) is 15.8. The third-order valence-corrected chi connectivity index (χ3v) is 13.9. The van der Waals surface area contributed by atoms with E-state index in [1.807, 2.05) is 5.57 Å². The van der Waals surface area contributed by atoms with Crippen LogP contribution in [0.1, 0.15) is 118 Å². The zero-order valence-corrected chi connectivity index (χ0v) is 22.8. The Morgan fingerprint density at radius 1 is 0.882 bits per heavy atom. The molecule has 0 spiro atoms. The molecule has 0 heterocycles. The number of rotatable bonds is 3. The second-order valence-corrected chi connectivity index (χ2v) is 15.8. The Balaban J connectivity index is 1.09. The minimum absolute atomic E-state index is 0.541. The SMILES string of the molecule is C[C@H]1CC[C@@]2(C)C(=CC[C@H]3[C@@H]4CC[C@H]([C@H](C)/C=C/C56CC7CC(CC(C7)C5)C6)[C@@]4(C)CC[C@@H]32)C1. The second kappa shape index (κ2) is 7.74. The summed E-state index contributed by atoms with van der Waals surface area (Å²) in [6.45, 7) is 10.5. The van der Waals surface area contributed by atoms with Crippen LogP contribution in [0.2, 0.25) is 0 Å². The van der Waals surface area contributed by atoms with Gasteiger partial charge in [-0.3, -0.25) is 0 Å². The van der Waals surface area contributed by atoms with Crippen molar-refractivity contribution in [2.75, 3.05) is 0 Å². The van der Waals surface area contributed by atoms with Gasteiger partial charge in [0.2, 0.25) is 0 Å². The maximum atomic E-state index is 2.82. The lowest BCUT2D eigenvalue weighted by molar-refractivity contribution is -0.0490. The molecular formula is C34H52. The number of hydrogen-bond donors (Lipinski definition) is 0. The van der Waals surface area contributed by atoms with Gasteiger partial charge < -0.3 is 0 Å². The predicted octanol–water partition coefficient (Wildman–Crippen LogP) is 9.61. The molecule has 0 unspecified atom stereocenters. The van der Waals surface area contributed by atoms with Gasteiger partial charge >= 0.3 is 0 Å². The molecule has 34 heavy (non-hydrogen) atoms. The summed E-state index contributed by atoms with van der Waals surface area (Å²) >= 11 is 0. The van der Waals surface area contributed by atoms with Crippen LogP contribution in [0, 0.1) is 69.5 Å². The summed E-state index contributed by atoms with van der Waals surface area (Å²) in [5.74, 6) is 8.78. The van der Waals surface area contributed by atoms with Gasteiger partial charge in [-0.2, -0.15) is 0 Å². The van der Waals surface area contributed by atoms with Gasteiger partial charge in [0.25, 0.3) is 0 Å². The molecule has 7 fully saturated rings. The lowest BCUT2D eigenvalue weighted by Gasteiger charge is -2.58. The molecule has 8 atom stereocenters. The summed E-state index contributed by atoms with van der Waals surface area (Å²) in [6, 6.07) is 0.